The molecule has 1 N–H and O–H groups in total. The molecule has 0 saturated carbocycles. The van der Waals surface area contributed by atoms with Crippen LogP contribution in [0.2, 0.25) is 0 Å². The summed E-state index contributed by atoms with van der Waals surface area (Å²) in [5.74, 6) is 0.191. The van der Waals surface area contributed by atoms with Crippen molar-refractivity contribution in [2.75, 3.05) is 7.11 Å². The minimum Gasteiger partial charge on any atom is -0.481 e. The maximum atomic E-state index is 12.1. The van der Waals surface area contributed by atoms with E-state index in [2.05, 4.69) is 15.4 Å². The number of carbonyl (C=O) groups excluding carboxylic acids is 1. The molecule has 0 saturated heterocycles. The van der Waals surface area contributed by atoms with Crippen molar-refractivity contribution in [3.8, 4) is 5.88 Å². The van der Waals surface area contributed by atoms with Gasteiger partial charge >= 0.3 is 0 Å². The summed E-state index contributed by atoms with van der Waals surface area (Å²) >= 11 is 0. The monoisotopic (exact) mass is 316 g/mol. The fraction of sp³-hybridized carbons (Fsp3) is 0.375. The summed E-state index contributed by atoms with van der Waals surface area (Å²) in [4.78, 5) is 27.9. The zero-order valence-electron chi connectivity index (χ0n) is 13.3. The number of ether oxygens (including phenoxy) is 1. The van der Waals surface area contributed by atoms with Crippen LogP contribution in [0.15, 0.2) is 35.3 Å². The van der Waals surface area contributed by atoms with Gasteiger partial charge in [0.2, 0.25) is 5.88 Å². The van der Waals surface area contributed by atoms with Gasteiger partial charge in [0.05, 0.1) is 7.11 Å². The zero-order valence-corrected chi connectivity index (χ0v) is 13.3. The average Bonchev–Trinajstić information content (AvgIpc) is 2.59. The van der Waals surface area contributed by atoms with E-state index in [4.69, 9.17) is 4.74 Å². The Morgan fingerprint density at radius 1 is 1.30 bits per heavy atom. The molecule has 7 heteroatoms. The molecule has 0 aliphatic carbocycles. The number of nitrogens with one attached hydrogen (secondary N) is 1. The summed E-state index contributed by atoms with van der Waals surface area (Å²) < 4.78 is 6.31. The second kappa shape index (κ2) is 8.07. The molecule has 2 aromatic heterocycles. The highest BCUT2D eigenvalue weighted by Gasteiger charge is 2.09. The summed E-state index contributed by atoms with van der Waals surface area (Å²) in [6, 6.07) is 6.35. The fourth-order valence-corrected chi connectivity index (χ4v) is 1.95. The molecule has 0 bridgehead atoms. The van der Waals surface area contributed by atoms with Gasteiger partial charge in [0.25, 0.3) is 11.5 Å². The molecule has 122 valence electrons. The van der Waals surface area contributed by atoms with Gasteiger partial charge in [-0.15, -0.1) is 0 Å². The van der Waals surface area contributed by atoms with Crippen LogP contribution in [0.25, 0.3) is 0 Å². The van der Waals surface area contributed by atoms with Crippen LogP contribution < -0.4 is 15.6 Å². The lowest BCUT2D eigenvalue weighted by atomic mass is 10.2. The Morgan fingerprint density at radius 3 is 2.78 bits per heavy atom. The molecule has 2 rings (SSSR count). The predicted molar refractivity (Wildman–Crippen MR) is 85.4 cm³/mol. The second-order valence-corrected chi connectivity index (χ2v) is 5.02. The van der Waals surface area contributed by atoms with Crippen LogP contribution in [-0.2, 0) is 13.1 Å². The van der Waals surface area contributed by atoms with Crippen molar-refractivity contribution in [1.82, 2.24) is 20.1 Å². The van der Waals surface area contributed by atoms with Gasteiger partial charge in [-0.1, -0.05) is 19.4 Å². The van der Waals surface area contributed by atoms with Crippen molar-refractivity contribution in [2.24, 2.45) is 0 Å². The first-order chi connectivity index (χ1) is 11.1. The Hall–Kier alpha value is -2.70. The van der Waals surface area contributed by atoms with Gasteiger partial charge < -0.3 is 10.1 Å². The van der Waals surface area contributed by atoms with Crippen molar-refractivity contribution in [3.05, 3.63) is 52.1 Å². The third-order valence-electron chi connectivity index (χ3n) is 3.28. The second-order valence-electron chi connectivity index (χ2n) is 5.02. The van der Waals surface area contributed by atoms with Crippen LogP contribution in [0, 0.1) is 0 Å². The number of hydrogen-bond acceptors (Lipinski definition) is 5. The predicted octanol–water partition coefficient (Wildman–Crippen LogP) is 1.38. The molecular weight excluding hydrogens is 296 g/mol. The Balaban J connectivity index is 2.00. The van der Waals surface area contributed by atoms with Gasteiger partial charge in [0, 0.05) is 31.4 Å². The van der Waals surface area contributed by atoms with Gasteiger partial charge in [-0.3, -0.25) is 9.59 Å². The van der Waals surface area contributed by atoms with E-state index in [-0.39, 0.29) is 17.2 Å². The maximum Gasteiger partial charge on any atom is 0.271 e. The van der Waals surface area contributed by atoms with Crippen LogP contribution in [0.4, 0.5) is 0 Å². The highest BCUT2D eigenvalue weighted by Crippen LogP contribution is 2.06. The molecule has 0 unspecified atom stereocenters. The Labute approximate surface area is 134 Å². The van der Waals surface area contributed by atoms with Gasteiger partial charge in [0.15, 0.2) is 0 Å². The van der Waals surface area contributed by atoms with E-state index in [1.54, 1.807) is 19.4 Å². The largest absolute Gasteiger partial charge is 0.481 e. The number of hydrogen-bond donors (Lipinski definition) is 1. The van der Waals surface area contributed by atoms with Gasteiger partial charge in [-0.05, 0) is 18.1 Å². The standard InChI is InChI=1S/C16H20N4O3/c1-3-4-9-20-15(21)8-6-13(19-20)16(22)18-11-12-5-7-14(23-2)17-10-12/h5-8,10H,3-4,9,11H2,1-2H3,(H,18,22). The van der Waals surface area contributed by atoms with Crippen molar-refractivity contribution < 1.29 is 9.53 Å². The normalized spacial score (nSPS) is 10.3. The summed E-state index contributed by atoms with van der Waals surface area (Å²) in [5, 5.41) is 6.86. The first kappa shape index (κ1) is 16.7. The number of nitrogens with zero attached hydrogens (tertiary/aromatic N) is 3. The first-order valence-corrected chi connectivity index (χ1v) is 7.49. The van der Waals surface area contributed by atoms with Crippen LogP contribution >= 0.6 is 0 Å². The smallest absolute Gasteiger partial charge is 0.271 e. The lowest BCUT2D eigenvalue weighted by Crippen LogP contribution is -2.29. The zero-order chi connectivity index (χ0) is 16.7. The third-order valence-corrected chi connectivity index (χ3v) is 3.28. The topological polar surface area (TPSA) is 86.1 Å². The number of methoxy groups -OCH3 is 1. The molecule has 0 fully saturated rings. The molecule has 23 heavy (non-hydrogen) atoms. The Bertz CT molecular complexity index is 710. The van der Waals surface area contributed by atoms with Crippen molar-refractivity contribution in [2.45, 2.75) is 32.9 Å². The summed E-state index contributed by atoms with van der Waals surface area (Å²) in [5.41, 5.74) is 0.870. The van der Waals surface area contributed by atoms with E-state index in [9.17, 15) is 9.59 Å². The van der Waals surface area contributed by atoms with E-state index in [0.29, 0.717) is 19.0 Å². The van der Waals surface area contributed by atoms with Crippen molar-refractivity contribution >= 4 is 5.91 Å². The van der Waals surface area contributed by atoms with Gasteiger partial charge in [0.1, 0.15) is 5.69 Å². The van der Waals surface area contributed by atoms with E-state index in [1.807, 2.05) is 13.0 Å². The molecule has 0 aliphatic heterocycles. The third kappa shape index (κ3) is 4.64. The minimum atomic E-state index is -0.328. The molecule has 0 spiro atoms. The number of rotatable bonds is 7. The Morgan fingerprint density at radius 2 is 2.13 bits per heavy atom. The molecule has 0 atom stereocenters. The van der Waals surface area contributed by atoms with Crippen LogP contribution in [-0.4, -0.2) is 27.8 Å². The minimum absolute atomic E-state index is 0.200. The Kier molecular flexibility index (Phi) is 5.85. The van der Waals surface area contributed by atoms with Crippen molar-refractivity contribution in [1.29, 1.82) is 0 Å². The number of amides is 1. The lowest BCUT2D eigenvalue weighted by Gasteiger charge is -2.08. The number of carbonyl (C=O) groups is 1. The molecule has 2 aromatic rings. The van der Waals surface area contributed by atoms with E-state index in [1.165, 1.54) is 16.8 Å². The highest BCUT2D eigenvalue weighted by atomic mass is 16.5. The fourth-order valence-electron chi connectivity index (χ4n) is 1.95. The summed E-state index contributed by atoms with van der Waals surface area (Å²) in [6.45, 7) is 2.87. The number of aromatic nitrogens is 3. The molecule has 2 heterocycles. The molecular formula is C16H20N4O3. The maximum absolute atomic E-state index is 12.1. The highest BCUT2D eigenvalue weighted by molar-refractivity contribution is 5.91. The lowest BCUT2D eigenvalue weighted by molar-refractivity contribution is 0.0943. The van der Waals surface area contributed by atoms with Crippen molar-refractivity contribution in [3.63, 3.8) is 0 Å². The quantitative estimate of drug-likeness (QED) is 0.834. The van der Waals surface area contributed by atoms with Gasteiger partial charge in [-0.2, -0.15) is 5.10 Å². The first-order valence-electron chi connectivity index (χ1n) is 7.49. The molecule has 0 aromatic carbocycles. The van der Waals surface area contributed by atoms with Crippen LogP contribution in [0.5, 0.6) is 5.88 Å². The van der Waals surface area contributed by atoms with E-state index >= 15 is 0 Å². The molecule has 0 radical (unpaired) electrons. The SMILES string of the molecule is CCCCn1nc(C(=O)NCc2ccc(OC)nc2)ccc1=O. The van der Waals surface area contributed by atoms with E-state index < -0.39 is 0 Å². The van der Waals surface area contributed by atoms with Gasteiger partial charge in [-0.25, -0.2) is 9.67 Å². The number of pyridine rings is 1. The van der Waals surface area contributed by atoms with Crippen LogP contribution in [0.1, 0.15) is 35.8 Å². The summed E-state index contributed by atoms with van der Waals surface area (Å²) in [7, 11) is 1.54. The summed E-state index contributed by atoms with van der Waals surface area (Å²) in [6.07, 6.45) is 3.43. The molecule has 1 amide bonds. The molecule has 7 nitrogen and oxygen atoms in total. The average molecular weight is 316 g/mol. The number of unbranched alkanes of at least 4 members (excludes halogenated alkanes) is 1. The molecule has 0 aliphatic rings. The van der Waals surface area contributed by atoms with Crippen LogP contribution in [0.3, 0.4) is 0 Å². The number of aryl methyl sites for hydroxylation is 1. The van der Waals surface area contributed by atoms with E-state index in [0.717, 1.165) is 18.4 Å².